The minimum atomic E-state index is -1.64. The first-order chi connectivity index (χ1) is 43.6. The Labute approximate surface area is 546 Å². The second-order valence-electron chi connectivity index (χ2n) is 24.1. The molecule has 2 atom stereocenters. The van der Waals surface area contributed by atoms with E-state index in [-0.39, 0.29) is 38.6 Å². The number of ether oxygens (including phenoxy) is 4. The molecule has 2 unspecified atom stereocenters. The minimum absolute atomic E-state index is 0.136. The molecule has 0 spiro atoms. The van der Waals surface area contributed by atoms with E-state index in [2.05, 4.69) is 184 Å². The van der Waals surface area contributed by atoms with Gasteiger partial charge in [0.15, 0.2) is 12.4 Å². The fourth-order valence-electron chi connectivity index (χ4n) is 9.14. The molecule has 0 aromatic heterocycles. The Bertz CT molecular complexity index is 2070. The van der Waals surface area contributed by atoms with Crippen molar-refractivity contribution in [2.45, 2.75) is 270 Å². The molecule has 0 saturated heterocycles. The SMILES string of the molecule is CC/C=C\C/C=C\C/C=C\C/C=C\C/C=C\C/C=C\C/C=C\C/C=C\C/C=C\C/C=C\CCCCCCCCC(=O)OC(COC(=O)CCCCCCCCCCCCCCCC/C=C\C/C=C\C/C=C\C/C=C\CC)COC(OCC[N+](C)(C)C)C(=O)[O-]. The van der Waals surface area contributed by atoms with Gasteiger partial charge in [-0.1, -0.05) is 287 Å². The number of allylic oxidation sites excluding steroid dienone is 28. The van der Waals surface area contributed by atoms with E-state index in [0.717, 1.165) is 148 Å². The lowest BCUT2D eigenvalue weighted by atomic mass is 10.0. The van der Waals surface area contributed by atoms with Gasteiger partial charge in [-0.15, -0.1) is 0 Å². The first kappa shape index (κ1) is 83.7. The minimum Gasteiger partial charge on any atom is -0.545 e. The molecule has 0 rings (SSSR count). The van der Waals surface area contributed by atoms with E-state index in [9.17, 15) is 19.5 Å². The summed E-state index contributed by atoms with van der Waals surface area (Å²) in [6, 6.07) is 0. The number of unbranched alkanes of at least 4 members (excludes halogenated alkanes) is 20. The number of carboxylic acids is 1. The molecule has 0 heterocycles. The van der Waals surface area contributed by atoms with Crippen LogP contribution in [0.2, 0.25) is 0 Å². The predicted molar refractivity (Wildman–Crippen MR) is 379 cm³/mol. The Kier molecular flexibility index (Phi) is 64.4. The average molecular weight is 1230 g/mol. The van der Waals surface area contributed by atoms with Gasteiger partial charge in [0, 0.05) is 12.8 Å². The highest BCUT2D eigenvalue weighted by Crippen LogP contribution is 2.16. The van der Waals surface area contributed by atoms with Gasteiger partial charge >= 0.3 is 11.9 Å². The van der Waals surface area contributed by atoms with Crippen LogP contribution in [0.5, 0.6) is 0 Å². The van der Waals surface area contributed by atoms with Gasteiger partial charge in [0.2, 0.25) is 0 Å². The molecule has 9 nitrogen and oxygen atoms in total. The molecule has 0 aliphatic rings. The van der Waals surface area contributed by atoms with E-state index in [0.29, 0.717) is 17.4 Å². The first-order valence-corrected chi connectivity index (χ1v) is 35.3. The van der Waals surface area contributed by atoms with E-state index >= 15 is 0 Å². The maximum atomic E-state index is 12.9. The van der Waals surface area contributed by atoms with E-state index < -0.39 is 24.3 Å². The zero-order valence-corrected chi connectivity index (χ0v) is 57.2. The second kappa shape index (κ2) is 68.6. The fraction of sp³-hybridized carbons (Fsp3) is 0.613. The van der Waals surface area contributed by atoms with Crippen LogP contribution >= 0.6 is 0 Å². The Balaban J connectivity index is 4.22. The van der Waals surface area contributed by atoms with Crippen molar-refractivity contribution in [3.63, 3.8) is 0 Å². The Hall–Kier alpha value is -5.35. The molecule has 0 bridgehead atoms. The summed E-state index contributed by atoms with van der Waals surface area (Å²) in [6.45, 7) is 4.50. The standard InChI is InChI=1S/C80H129NO8/c1-6-8-10-12-14-16-18-20-22-24-26-28-30-32-34-35-36-37-38-39-40-41-42-43-45-47-49-51-53-55-57-59-61-63-65-67-69-71-78(83)89-76(75-88-80(79(84)85)86-73-72-81(3,4)5)74-87-77(82)70-68-66-64-62-60-58-56-54-52-50-48-46-44-33-31-29-27-25-23-21-19-17-15-13-11-9-7-2/h8-11,14-17,20-23,26-29,32,34,36-37,39-40,42-43,47,49,53,55,76,80H,6-7,12-13,18-19,24-25,30-31,33,35,38,41,44-46,48,50-52,54,56-75H2,1-5H3/b10-8-,11-9-,16-14-,17-15-,22-20-,23-21-,28-26-,29-27-,34-32-,37-36-,40-39-,43-42-,49-47-,55-53-. The van der Waals surface area contributed by atoms with Gasteiger partial charge in [-0.3, -0.25) is 9.59 Å². The molecular weight excluding hydrogens is 1100 g/mol. The molecule has 0 aliphatic heterocycles. The largest absolute Gasteiger partial charge is 0.545 e. The summed E-state index contributed by atoms with van der Waals surface area (Å²) >= 11 is 0. The number of quaternary nitrogens is 1. The van der Waals surface area contributed by atoms with Crippen LogP contribution in [-0.4, -0.2) is 82.3 Å². The van der Waals surface area contributed by atoms with Crippen molar-refractivity contribution in [1.29, 1.82) is 0 Å². The number of rotatable bonds is 63. The van der Waals surface area contributed by atoms with Crippen LogP contribution in [0.1, 0.15) is 258 Å². The van der Waals surface area contributed by atoms with Gasteiger partial charge in [0.25, 0.3) is 0 Å². The van der Waals surface area contributed by atoms with Crippen molar-refractivity contribution in [1.82, 2.24) is 0 Å². The highest BCUT2D eigenvalue weighted by Gasteiger charge is 2.22. The summed E-state index contributed by atoms with van der Waals surface area (Å²) in [5, 5.41) is 11.8. The van der Waals surface area contributed by atoms with Gasteiger partial charge in [0.05, 0.1) is 40.3 Å². The Morgan fingerprint density at radius 2 is 0.607 bits per heavy atom. The fourth-order valence-corrected chi connectivity index (χ4v) is 9.14. The molecule has 0 saturated carbocycles. The molecule has 89 heavy (non-hydrogen) atoms. The normalized spacial score (nSPS) is 13.8. The molecular formula is C80H129NO8. The van der Waals surface area contributed by atoms with Gasteiger partial charge in [-0.2, -0.15) is 0 Å². The highest BCUT2D eigenvalue weighted by molar-refractivity contribution is 5.70. The van der Waals surface area contributed by atoms with E-state index in [1.165, 1.54) is 77.0 Å². The van der Waals surface area contributed by atoms with E-state index in [4.69, 9.17) is 18.9 Å². The van der Waals surface area contributed by atoms with Crippen LogP contribution in [0.25, 0.3) is 0 Å². The quantitative estimate of drug-likeness (QED) is 0.0195. The number of esters is 2. The molecule has 0 aliphatic carbocycles. The van der Waals surface area contributed by atoms with Crippen LogP contribution < -0.4 is 5.11 Å². The molecule has 0 N–H and O–H groups in total. The monoisotopic (exact) mass is 1230 g/mol. The van der Waals surface area contributed by atoms with Crippen LogP contribution in [0.15, 0.2) is 170 Å². The van der Waals surface area contributed by atoms with Crippen molar-refractivity contribution >= 4 is 17.9 Å². The number of hydrogen-bond donors (Lipinski definition) is 0. The number of carboxylic acid groups (broad SMARTS) is 1. The van der Waals surface area contributed by atoms with Gasteiger partial charge < -0.3 is 33.3 Å². The van der Waals surface area contributed by atoms with Crippen molar-refractivity contribution in [3.05, 3.63) is 170 Å². The molecule has 9 heteroatoms. The Morgan fingerprint density at radius 3 is 0.899 bits per heavy atom. The van der Waals surface area contributed by atoms with Gasteiger partial charge in [-0.25, -0.2) is 0 Å². The maximum absolute atomic E-state index is 12.9. The summed E-state index contributed by atoms with van der Waals surface area (Å²) in [4.78, 5) is 37.5. The maximum Gasteiger partial charge on any atom is 0.306 e. The van der Waals surface area contributed by atoms with Crippen LogP contribution in [0, 0.1) is 0 Å². The number of hydrogen-bond acceptors (Lipinski definition) is 8. The second-order valence-corrected chi connectivity index (χ2v) is 24.1. The third kappa shape index (κ3) is 70.0. The number of aliphatic carboxylic acids is 1. The van der Waals surface area contributed by atoms with Crippen molar-refractivity contribution in [3.8, 4) is 0 Å². The lowest BCUT2D eigenvalue weighted by molar-refractivity contribution is -0.870. The lowest BCUT2D eigenvalue weighted by Gasteiger charge is -2.26. The average Bonchev–Trinajstić information content (AvgIpc) is 3.70. The number of carbonyl (C=O) groups excluding carboxylic acids is 3. The zero-order valence-electron chi connectivity index (χ0n) is 57.2. The molecule has 0 aromatic carbocycles. The van der Waals surface area contributed by atoms with Crippen LogP contribution in [-0.2, 0) is 33.3 Å². The summed E-state index contributed by atoms with van der Waals surface area (Å²) in [7, 11) is 5.91. The summed E-state index contributed by atoms with van der Waals surface area (Å²) in [5.41, 5.74) is 0. The van der Waals surface area contributed by atoms with Crippen molar-refractivity contribution in [2.75, 3.05) is 47.5 Å². The molecule has 0 amide bonds. The zero-order chi connectivity index (χ0) is 64.7. The van der Waals surface area contributed by atoms with Crippen LogP contribution in [0.3, 0.4) is 0 Å². The van der Waals surface area contributed by atoms with Crippen molar-refractivity contribution in [2.24, 2.45) is 0 Å². The number of nitrogens with zero attached hydrogens (tertiary/aromatic N) is 1. The molecule has 0 radical (unpaired) electrons. The Morgan fingerprint density at radius 1 is 0.337 bits per heavy atom. The number of likely N-dealkylation sites (N-methyl/N-ethyl adjacent to an activating group) is 1. The van der Waals surface area contributed by atoms with E-state index in [1.807, 2.05) is 21.1 Å². The summed E-state index contributed by atoms with van der Waals surface area (Å²) in [6.07, 6.45) is 100.0. The van der Waals surface area contributed by atoms with E-state index in [1.54, 1.807) is 0 Å². The predicted octanol–water partition coefficient (Wildman–Crippen LogP) is 20.9. The summed E-state index contributed by atoms with van der Waals surface area (Å²) in [5.74, 6) is -2.32. The third-order valence-electron chi connectivity index (χ3n) is 14.5. The summed E-state index contributed by atoms with van der Waals surface area (Å²) < 4.78 is 22.8. The highest BCUT2D eigenvalue weighted by atomic mass is 16.7. The molecule has 0 aromatic rings. The topological polar surface area (TPSA) is 111 Å². The third-order valence-corrected chi connectivity index (χ3v) is 14.5. The molecule has 0 fully saturated rings. The lowest BCUT2D eigenvalue weighted by Crippen LogP contribution is -2.44. The van der Waals surface area contributed by atoms with Gasteiger partial charge in [0.1, 0.15) is 13.2 Å². The smallest absolute Gasteiger partial charge is 0.306 e. The van der Waals surface area contributed by atoms with Crippen LogP contribution in [0.4, 0.5) is 0 Å². The van der Waals surface area contributed by atoms with Gasteiger partial charge in [-0.05, 0) is 128 Å². The first-order valence-electron chi connectivity index (χ1n) is 35.3. The van der Waals surface area contributed by atoms with Crippen molar-refractivity contribution < 1.29 is 42.9 Å². The number of carbonyl (C=O) groups is 3. The molecule has 502 valence electrons.